The normalized spacial score (nSPS) is 16.3. The summed E-state index contributed by atoms with van der Waals surface area (Å²) in [5.41, 5.74) is 1.81. The van der Waals surface area contributed by atoms with Gasteiger partial charge in [0.15, 0.2) is 11.5 Å². The first-order chi connectivity index (χ1) is 22.0. The van der Waals surface area contributed by atoms with Crippen LogP contribution in [0, 0.1) is 0 Å². The smallest absolute Gasteiger partial charge is 0.314 e. The molecule has 1 unspecified atom stereocenters. The number of likely N-dealkylation sites (N-methyl/N-ethyl adjacent to an activating group) is 2. The van der Waals surface area contributed by atoms with Crippen LogP contribution < -0.4 is 14.2 Å². The minimum atomic E-state index is -0.833. The molecule has 0 saturated carbocycles. The highest BCUT2D eigenvalue weighted by molar-refractivity contribution is 6.42. The number of rotatable bonds is 15. The quantitative estimate of drug-likeness (QED) is 0.189. The second-order valence-corrected chi connectivity index (χ2v) is 13.3. The summed E-state index contributed by atoms with van der Waals surface area (Å²) in [6.07, 6.45) is 2.96. The first kappa shape index (κ1) is 35.8. The SMILES string of the molecule is COc1cc(CN(C)CC(CCCN2CCC(C(=O)O)(c3ccccc3)CC2)(c2ccc(Cl)c(Cl)c2)N(C)C)cc(OC)c1OC. The molecule has 0 radical (unpaired) electrons. The molecule has 10 heteroatoms. The Morgan fingerprint density at radius 1 is 0.913 bits per heavy atom. The number of carboxylic acid groups (broad SMARTS) is 1. The molecule has 1 fully saturated rings. The van der Waals surface area contributed by atoms with Gasteiger partial charge in [-0.05, 0) is 107 Å². The number of halogens is 2. The van der Waals surface area contributed by atoms with Crippen molar-refractivity contribution >= 4 is 29.2 Å². The fourth-order valence-corrected chi connectivity index (χ4v) is 7.20. The first-order valence-electron chi connectivity index (χ1n) is 15.6. The lowest BCUT2D eigenvalue weighted by molar-refractivity contribution is -0.146. The number of hydrogen-bond acceptors (Lipinski definition) is 7. The lowest BCUT2D eigenvalue weighted by Crippen LogP contribution is -2.50. The number of nitrogens with zero attached hydrogens (tertiary/aromatic N) is 3. The van der Waals surface area contributed by atoms with E-state index in [0.29, 0.717) is 53.2 Å². The van der Waals surface area contributed by atoms with Gasteiger partial charge in [-0.2, -0.15) is 0 Å². The number of methoxy groups -OCH3 is 3. The van der Waals surface area contributed by atoms with Crippen molar-refractivity contribution in [3.8, 4) is 17.2 Å². The van der Waals surface area contributed by atoms with Gasteiger partial charge >= 0.3 is 5.97 Å². The zero-order valence-electron chi connectivity index (χ0n) is 27.8. The lowest BCUT2D eigenvalue weighted by Gasteiger charge is -2.44. The van der Waals surface area contributed by atoms with Gasteiger partial charge in [-0.1, -0.05) is 59.6 Å². The minimum absolute atomic E-state index is 0.381. The topological polar surface area (TPSA) is 74.7 Å². The van der Waals surface area contributed by atoms with Gasteiger partial charge in [0.2, 0.25) is 5.75 Å². The molecule has 0 amide bonds. The monoisotopic (exact) mass is 671 g/mol. The summed E-state index contributed by atoms with van der Waals surface area (Å²) in [6.45, 7) is 3.72. The summed E-state index contributed by atoms with van der Waals surface area (Å²) in [5, 5.41) is 11.3. The summed E-state index contributed by atoms with van der Waals surface area (Å²) in [4.78, 5) is 19.5. The second kappa shape index (κ2) is 15.7. The Morgan fingerprint density at radius 2 is 1.54 bits per heavy atom. The van der Waals surface area contributed by atoms with Gasteiger partial charge in [-0.3, -0.25) is 14.6 Å². The summed E-state index contributed by atoms with van der Waals surface area (Å²) in [7, 11) is 11.2. The van der Waals surface area contributed by atoms with Crippen LogP contribution in [0.25, 0.3) is 0 Å². The number of aliphatic carboxylic acids is 1. The first-order valence-corrected chi connectivity index (χ1v) is 16.4. The Labute approximate surface area is 283 Å². The number of piperidine rings is 1. The Bertz CT molecular complexity index is 1440. The maximum absolute atomic E-state index is 12.5. The molecule has 4 rings (SSSR count). The van der Waals surface area contributed by atoms with Crippen LogP contribution in [0.4, 0.5) is 0 Å². The highest BCUT2D eigenvalue weighted by atomic mass is 35.5. The Morgan fingerprint density at radius 3 is 2.07 bits per heavy atom. The highest BCUT2D eigenvalue weighted by Crippen LogP contribution is 2.40. The van der Waals surface area contributed by atoms with Crippen LogP contribution in [0.1, 0.15) is 42.4 Å². The van der Waals surface area contributed by atoms with Crippen molar-refractivity contribution in [3.63, 3.8) is 0 Å². The van der Waals surface area contributed by atoms with Gasteiger partial charge in [0.25, 0.3) is 0 Å². The molecule has 8 nitrogen and oxygen atoms in total. The van der Waals surface area contributed by atoms with Gasteiger partial charge < -0.3 is 24.2 Å². The maximum atomic E-state index is 12.5. The van der Waals surface area contributed by atoms with Crippen LogP contribution in [0.5, 0.6) is 17.2 Å². The predicted molar refractivity (Wildman–Crippen MR) is 185 cm³/mol. The fourth-order valence-electron chi connectivity index (χ4n) is 6.90. The summed E-state index contributed by atoms with van der Waals surface area (Å²) < 4.78 is 16.7. The van der Waals surface area contributed by atoms with E-state index in [2.05, 4.69) is 41.9 Å². The van der Waals surface area contributed by atoms with Crippen LogP contribution >= 0.6 is 23.2 Å². The zero-order valence-corrected chi connectivity index (χ0v) is 29.3. The number of carbonyl (C=O) groups is 1. The van der Waals surface area contributed by atoms with Crippen molar-refractivity contribution in [1.29, 1.82) is 0 Å². The number of benzene rings is 3. The van der Waals surface area contributed by atoms with E-state index in [-0.39, 0.29) is 5.54 Å². The van der Waals surface area contributed by atoms with Crippen molar-refractivity contribution in [2.24, 2.45) is 0 Å². The van der Waals surface area contributed by atoms with E-state index in [1.54, 1.807) is 21.3 Å². The minimum Gasteiger partial charge on any atom is -0.493 e. The van der Waals surface area contributed by atoms with E-state index >= 15 is 0 Å². The van der Waals surface area contributed by atoms with Gasteiger partial charge in [-0.15, -0.1) is 0 Å². The molecule has 1 aliphatic heterocycles. The van der Waals surface area contributed by atoms with Crippen LogP contribution in [0.15, 0.2) is 60.7 Å². The molecule has 0 aromatic heterocycles. The van der Waals surface area contributed by atoms with Crippen LogP contribution in [0.2, 0.25) is 10.0 Å². The van der Waals surface area contributed by atoms with E-state index in [9.17, 15) is 9.90 Å². The van der Waals surface area contributed by atoms with E-state index in [1.165, 1.54) is 0 Å². The maximum Gasteiger partial charge on any atom is 0.314 e. The molecule has 0 bridgehead atoms. The Balaban J connectivity index is 1.53. The molecule has 46 heavy (non-hydrogen) atoms. The second-order valence-electron chi connectivity index (χ2n) is 12.5. The van der Waals surface area contributed by atoms with Gasteiger partial charge in [0, 0.05) is 13.1 Å². The molecule has 3 aromatic carbocycles. The third-order valence-corrected chi connectivity index (χ3v) is 10.3. The van der Waals surface area contributed by atoms with E-state index in [4.69, 9.17) is 37.4 Å². The van der Waals surface area contributed by atoms with Crippen LogP contribution in [-0.2, 0) is 22.3 Å². The number of carboxylic acids is 1. The van der Waals surface area contributed by atoms with Crippen molar-refractivity contribution in [3.05, 3.63) is 87.4 Å². The van der Waals surface area contributed by atoms with Gasteiger partial charge in [0.1, 0.15) is 0 Å². The fraction of sp³-hybridized carbons (Fsp3) is 0.472. The average molecular weight is 673 g/mol. The number of likely N-dealkylation sites (tertiary alicyclic amines) is 1. The molecule has 1 aliphatic rings. The third-order valence-electron chi connectivity index (χ3n) is 9.53. The molecule has 1 atom stereocenters. The molecular weight excluding hydrogens is 625 g/mol. The Hall–Kier alpha value is -3.01. The molecule has 0 aliphatic carbocycles. The largest absolute Gasteiger partial charge is 0.493 e. The van der Waals surface area contributed by atoms with Gasteiger partial charge in [-0.25, -0.2) is 0 Å². The van der Waals surface area contributed by atoms with Crippen molar-refractivity contribution in [1.82, 2.24) is 14.7 Å². The highest BCUT2D eigenvalue weighted by Gasteiger charge is 2.43. The molecule has 1 N–H and O–H groups in total. The summed E-state index contributed by atoms with van der Waals surface area (Å²) in [5.74, 6) is 1.07. The lowest BCUT2D eigenvalue weighted by atomic mass is 9.73. The molecule has 1 saturated heterocycles. The standard InChI is InChI=1S/C36H47Cl2N3O5/c1-39(2)36(28-13-14-29(37)30(38)23-28,25-40(3)24-26-21-31(44-4)33(46-6)32(22-26)45-5)15-10-18-41-19-16-35(17-20-41,34(42)43)27-11-8-7-9-12-27/h7-9,11-14,21-23H,10,15-20,24-25H2,1-6H3,(H,42,43). The molecular formula is C36H47Cl2N3O5. The van der Waals surface area contributed by atoms with E-state index < -0.39 is 11.4 Å². The van der Waals surface area contributed by atoms with Crippen LogP contribution in [-0.4, -0.2) is 94.4 Å². The van der Waals surface area contributed by atoms with Crippen molar-refractivity contribution < 1.29 is 24.1 Å². The molecule has 3 aromatic rings. The summed E-state index contributed by atoms with van der Waals surface area (Å²) >= 11 is 12.9. The average Bonchev–Trinajstić information content (AvgIpc) is 3.05. The third kappa shape index (κ3) is 7.75. The molecule has 250 valence electrons. The predicted octanol–water partition coefficient (Wildman–Crippen LogP) is 6.81. The Kier molecular flexibility index (Phi) is 12.2. The van der Waals surface area contributed by atoms with Crippen LogP contribution in [0.3, 0.4) is 0 Å². The van der Waals surface area contributed by atoms with Crippen molar-refractivity contribution in [2.45, 2.75) is 43.2 Å². The van der Waals surface area contributed by atoms with E-state index in [0.717, 1.165) is 49.2 Å². The molecule has 1 heterocycles. The van der Waals surface area contributed by atoms with E-state index in [1.807, 2.05) is 54.6 Å². The summed E-state index contributed by atoms with van der Waals surface area (Å²) in [6, 6.07) is 19.6. The van der Waals surface area contributed by atoms with Gasteiger partial charge in [0.05, 0.1) is 42.3 Å². The zero-order chi connectivity index (χ0) is 33.5. The number of ether oxygens (including phenoxy) is 3. The number of hydrogen-bond donors (Lipinski definition) is 1. The molecule has 0 spiro atoms. The van der Waals surface area contributed by atoms with Crippen molar-refractivity contribution in [2.75, 3.05) is 68.7 Å².